The summed E-state index contributed by atoms with van der Waals surface area (Å²) in [6.45, 7) is 2.86. The fraction of sp³-hybridized carbons (Fsp3) is 0.222. The largest absolute Gasteiger partial charge is 0.336 e. The van der Waals surface area contributed by atoms with E-state index in [1.54, 1.807) is 36.1 Å². The Morgan fingerprint density at radius 3 is 2.06 bits per heavy atom. The first kappa shape index (κ1) is 22.3. The predicted molar refractivity (Wildman–Crippen MR) is 130 cm³/mol. The second-order valence-corrected chi connectivity index (χ2v) is 7.97. The minimum Gasteiger partial charge on any atom is -0.336 e. The van der Waals surface area contributed by atoms with Crippen LogP contribution in [0.3, 0.4) is 0 Å². The van der Waals surface area contributed by atoms with Gasteiger partial charge >= 0.3 is 5.69 Å². The van der Waals surface area contributed by atoms with E-state index in [0.29, 0.717) is 30.4 Å². The number of hydrogen-bond donors (Lipinski definition) is 0. The first-order chi connectivity index (χ1) is 16.1. The molecule has 1 heterocycles. The minimum absolute atomic E-state index is 0.124. The van der Waals surface area contributed by atoms with Gasteiger partial charge < -0.3 is 4.90 Å². The summed E-state index contributed by atoms with van der Waals surface area (Å²) >= 11 is 0. The molecule has 0 unspecified atom stereocenters. The van der Waals surface area contributed by atoms with Crippen molar-refractivity contribution < 1.29 is 4.79 Å². The van der Waals surface area contributed by atoms with Crippen LogP contribution in [-0.4, -0.2) is 26.5 Å². The van der Waals surface area contributed by atoms with Gasteiger partial charge in [-0.3, -0.25) is 18.7 Å². The summed E-state index contributed by atoms with van der Waals surface area (Å²) in [5.41, 5.74) is 1.86. The van der Waals surface area contributed by atoms with E-state index in [-0.39, 0.29) is 24.6 Å². The molecule has 168 valence electrons. The highest BCUT2D eigenvalue weighted by molar-refractivity contribution is 5.81. The maximum Gasteiger partial charge on any atom is 0.331 e. The molecule has 0 bridgehead atoms. The van der Waals surface area contributed by atoms with Crippen LogP contribution in [0.25, 0.3) is 10.9 Å². The maximum atomic E-state index is 13.5. The fourth-order valence-electron chi connectivity index (χ4n) is 4.04. The quantitative estimate of drug-likeness (QED) is 0.421. The summed E-state index contributed by atoms with van der Waals surface area (Å²) < 4.78 is 2.60. The van der Waals surface area contributed by atoms with Gasteiger partial charge in [-0.2, -0.15) is 0 Å². The van der Waals surface area contributed by atoms with Crippen LogP contribution in [0, 0.1) is 0 Å². The number of aromatic nitrogens is 2. The Balaban J connectivity index is 1.67. The zero-order valence-corrected chi connectivity index (χ0v) is 18.7. The summed E-state index contributed by atoms with van der Waals surface area (Å²) in [7, 11) is 0. The van der Waals surface area contributed by atoms with E-state index in [1.807, 2.05) is 60.7 Å². The molecule has 0 radical (unpaired) electrons. The molecule has 0 aliphatic rings. The monoisotopic (exact) mass is 441 g/mol. The van der Waals surface area contributed by atoms with Gasteiger partial charge in [0.1, 0.15) is 6.54 Å². The first-order valence-corrected chi connectivity index (χ1v) is 11.2. The highest BCUT2D eigenvalue weighted by atomic mass is 16.2. The fourth-order valence-corrected chi connectivity index (χ4v) is 4.04. The highest BCUT2D eigenvalue weighted by Gasteiger charge is 2.19. The Hall–Kier alpha value is -3.93. The van der Waals surface area contributed by atoms with Crippen molar-refractivity contribution in [3.63, 3.8) is 0 Å². The van der Waals surface area contributed by atoms with Crippen LogP contribution in [0.2, 0.25) is 0 Å². The third-order valence-electron chi connectivity index (χ3n) is 5.82. The Labute approximate surface area is 192 Å². The summed E-state index contributed by atoms with van der Waals surface area (Å²) in [5, 5.41) is 0.436. The third-order valence-corrected chi connectivity index (χ3v) is 5.82. The molecule has 0 atom stereocenters. The van der Waals surface area contributed by atoms with Crippen LogP contribution in [0.1, 0.15) is 18.1 Å². The van der Waals surface area contributed by atoms with Crippen LogP contribution < -0.4 is 11.2 Å². The van der Waals surface area contributed by atoms with Gasteiger partial charge in [0.15, 0.2) is 0 Å². The zero-order valence-electron chi connectivity index (χ0n) is 18.7. The van der Waals surface area contributed by atoms with E-state index in [0.717, 1.165) is 11.1 Å². The average molecular weight is 442 g/mol. The Kier molecular flexibility index (Phi) is 6.83. The predicted octanol–water partition coefficient (Wildman–Crippen LogP) is 3.45. The number of rotatable bonds is 8. The second-order valence-electron chi connectivity index (χ2n) is 7.97. The van der Waals surface area contributed by atoms with Gasteiger partial charge in [-0.05, 0) is 36.6 Å². The molecule has 0 saturated heterocycles. The number of fused-ring (bicyclic) bond motifs is 1. The highest BCUT2D eigenvalue weighted by Crippen LogP contribution is 2.11. The Morgan fingerprint density at radius 1 is 0.788 bits per heavy atom. The van der Waals surface area contributed by atoms with Gasteiger partial charge in [-0.25, -0.2) is 4.79 Å². The molecule has 0 aliphatic carbocycles. The molecule has 1 amide bonds. The van der Waals surface area contributed by atoms with Crippen molar-refractivity contribution in [1.82, 2.24) is 14.0 Å². The average Bonchev–Trinajstić information content (AvgIpc) is 2.86. The molecule has 0 spiro atoms. The van der Waals surface area contributed by atoms with E-state index in [9.17, 15) is 14.4 Å². The molecule has 0 fully saturated rings. The van der Waals surface area contributed by atoms with E-state index in [1.165, 1.54) is 9.13 Å². The van der Waals surface area contributed by atoms with Gasteiger partial charge in [-0.1, -0.05) is 72.8 Å². The number of nitrogens with zero attached hydrogens (tertiary/aromatic N) is 3. The molecule has 0 N–H and O–H groups in total. The lowest BCUT2D eigenvalue weighted by Gasteiger charge is -2.24. The minimum atomic E-state index is -0.461. The topological polar surface area (TPSA) is 64.3 Å². The summed E-state index contributed by atoms with van der Waals surface area (Å²) in [4.78, 5) is 41.1. The van der Waals surface area contributed by atoms with E-state index in [4.69, 9.17) is 0 Å². The summed E-state index contributed by atoms with van der Waals surface area (Å²) in [6.07, 6.45) is 0.712. The molecule has 1 aromatic heterocycles. The Morgan fingerprint density at radius 2 is 1.39 bits per heavy atom. The lowest BCUT2D eigenvalue weighted by Crippen LogP contribution is -2.43. The smallest absolute Gasteiger partial charge is 0.331 e. The third kappa shape index (κ3) is 4.95. The number of benzene rings is 3. The van der Waals surface area contributed by atoms with Crippen LogP contribution in [-0.2, 0) is 30.8 Å². The second kappa shape index (κ2) is 10.1. The maximum absolute atomic E-state index is 13.5. The first-order valence-electron chi connectivity index (χ1n) is 11.2. The van der Waals surface area contributed by atoms with Gasteiger partial charge in [0, 0.05) is 19.6 Å². The van der Waals surface area contributed by atoms with Crippen LogP contribution >= 0.6 is 0 Å². The number of para-hydroxylation sites is 1. The SMILES string of the molecule is CCn1c(=O)c2ccccc2n(CC(=O)N(CCc2ccccc2)Cc2ccccc2)c1=O. The lowest BCUT2D eigenvalue weighted by molar-refractivity contribution is -0.132. The zero-order chi connectivity index (χ0) is 23.2. The Bertz CT molecular complexity index is 1360. The molecule has 3 aromatic carbocycles. The summed E-state index contributed by atoms with van der Waals surface area (Å²) in [6, 6.07) is 26.8. The molecule has 0 saturated carbocycles. The molecule has 6 nitrogen and oxygen atoms in total. The van der Waals surface area contributed by atoms with Crippen molar-refractivity contribution in [3.8, 4) is 0 Å². The van der Waals surface area contributed by atoms with Crippen molar-refractivity contribution >= 4 is 16.8 Å². The summed E-state index contributed by atoms with van der Waals surface area (Å²) in [5.74, 6) is -0.164. The number of carbonyl (C=O) groups is 1. The molecular formula is C27H27N3O3. The molecule has 0 aliphatic heterocycles. The van der Waals surface area contributed by atoms with Crippen LogP contribution in [0.5, 0.6) is 0 Å². The normalized spacial score (nSPS) is 10.9. The number of carbonyl (C=O) groups excluding carboxylic acids is 1. The molecule has 33 heavy (non-hydrogen) atoms. The van der Waals surface area contributed by atoms with E-state index >= 15 is 0 Å². The van der Waals surface area contributed by atoms with Crippen molar-refractivity contribution in [2.24, 2.45) is 0 Å². The molecule has 4 aromatic rings. The van der Waals surface area contributed by atoms with Crippen LogP contribution in [0.4, 0.5) is 0 Å². The molecule has 6 heteroatoms. The standard InChI is InChI=1S/C27H27N3O3/c1-2-29-26(32)23-15-9-10-16-24(23)30(27(29)33)20-25(31)28(19-22-13-7-4-8-14-22)18-17-21-11-5-3-6-12-21/h3-16H,2,17-20H2,1H3. The van der Waals surface area contributed by atoms with Gasteiger partial charge in [0.25, 0.3) is 5.56 Å². The van der Waals surface area contributed by atoms with Gasteiger partial charge in [0.05, 0.1) is 10.9 Å². The van der Waals surface area contributed by atoms with Gasteiger partial charge in [-0.15, -0.1) is 0 Å². The van der Waals surface area contributed by atoms with Gasteiger partial charge in [0.2, 0.25) is 5.91 Å². The van der Waals surface area contributed by atoms with Crippen LogP contribution in [0.15, 0.2) is 94.5 Å². The van der Waals surface area contributed by atoms with E-state index in [2.05, 4.69) is 0 Å². The number of amides is 1. The van der Waals surface area contributed by atoms with Crippen molar-refractivity contribution in [2.45, 2.75) is 33.0 Å². The lowest BCUT2D eigenvalue weighted by atomic mass is 10.1. The molecular weight excluding hydrogens is 414 g/mol. The van der Waals surface area contributed by atoms with E-state index < -0.39 is 5.69 Å². The number of hydrogen-bond acceptors (Lipinski definition) is 3. The molecule has 4 rings (SSSR count). The van der Waals surface area contributed by atoms with Crippen molar-refractivity contribution in [3.05, 3.63) is 117 Å². The van der Waals surface area contributed by atoms with Crippen molar-refractivity contribution in [1.29, 1.82) is 0 Å². The van der Waals surface area contributed by atoms with Crippen molar-refractivity contribution in [2.75, 3.05) is 6.54 Å².